The van der Waals surface area contributed by atoms with Gasteiger partial charge in [0.25, 0.3) is 0 Å². The van der Waals surface area contributed by atoms with Crippen LogP contribution in [-0.4, -0.2) is 27.9 Å². The molecular weight excluding hydrogens is 418 g/mol. The molecule has 120 valence electrons. The van der Waals surface area contributed by atoms with Gasteiger partial charge in [-0.1, -0.05) is 33.1 Å². The Labute approximate surface area is 146 Å². The van der Waals surface area contributed by atoms with Gasteiger partial charge >= 0.3 is 5.97 Å². The van der Waals surface area contributed by atoms with Crippen molar-refractivity contribution in [3.05, 3.63) is 12.3 Å². The van der Waals surface area contributed by atoms with E-state index in [9.17, 15) is 4.79 Å². The van der Waals surface area contributed by atoms with E-state index in [1.165, 1.54) is 12.8 Å². The third kappa shape index (κ3) is 8.41. The molecule has 1 rings (SSSR count). The van der Waals surface area contributed by atoms with E-state index in [0.717, 1.165) is 23.6 Å². The van der Waals surface area contributed by atoms with Gasteiger partial charge in [0.05, 0.1) is 19.4 Å². The Kier molecular flexibility index (Phi) is 10.7. The second-order valence-corrected chi connectivity index (χ2v) is 8.07. The number of ether oxygens (including phenoxy) is 1. The summed E-state index contributed by atoms with van der Waals surface area (Å²) in [6.07, 6.45) is 7.68. The molecule has 0 aromatic carbocycles. The molecule has 0 N–H and O–H groups in total. The molecule has 1 heterocycles. The number of aromatic nitrogens is 2. The first-order chi connectivity index (χ1) is 10.2. The average molecular weight is 442 g/mol. The maximum atomic E-state index is 11.7. The van der Waals surface area contributed by atoms with Crippen molar-refractivity contribution in [2.24, 2.45) is 5.92 Å². The van der Waals surface area contributed by atoms with Crippen LogP contribution in [0, 0.1) is 5.92 Å². The lowest BCUT2D eigenvalue weighted by molar-refractivity contribution is -0.144. The summed E-state index contributed by atoms with van der Waals surface area (Å²) < 4.78 is 7.28. The molecule has 7 heteroatoms. The van der Waals surface area contributed by atoms with Crippen molar-refractivity contribution in [3.8, 4) is 0 Å². The molecular formula is C14H24IN2O2PS. The highest BCUT2D eigenvalue weighted by Crippen LogP contribution is 2.25. The Balaban J connectivity index is 2.15. The Hall–Kier alpha value is 0.190. The molecule has 0 spiro atoms. The van der Waals surface area contributed by atoms with E-state index in [-0.39, 0.29) is 5.97 Å². The standard InChI is InChI=1S/C14H24IN2O2PS/c1-3-5-6-12(4-2)11-19-14(18)8-10-21-13-7-9-17(16-13)20-15/h7,9,12,20H,3-6,8,10-11H2,1-2H3. The number of hydrogen-bond donors (Lipinski definition) is 0. The lowest BCUT2D eigenvalue weighted by Crippen LogP contribution is -2.14. The first kappa shape index (κ1) is 19.2. The predicted octanol–water partition coefficient (Wildman–Crippen LogP) is 4.92. The number of thioether (sulfide) groups is 1. The van der Waals surface area contributed by atoms with Gasteiger partial charge < -0.3 is 4.74 Å². The fourth-order valence-electron chi connectivity index (χ4n) is 1.85. The monoisotopic (exact) mass is 442 g/mol. The van der Waals surface area contributed by atoms with Gasteiger partial charge in [0, 0.05) is 11.9 Å². The number of unbranched alkanes of at least 4 members (excludes halogenated alkanes) is 1. The summed E-state index contributed by atoms with van der Waals surface area (Å²) in [6, 6.07) is 1.99. The van der Waals surface area contributed by atoms with Crippen LogP contribution in [0.2, 0.25) is 0 Å². The first-order valence-corrected chi connectivity index (χ1v) is 12.4. The fraction of sp³-hybridized carbons (Fsp3) is 0.714. The maximum Gasteiger partial charge on any atom is 0.306 e. The molecule has 0 aliphatic heterocycles. The Bertz CT molecular complexity index is 417. The summed E-state index contributed by atoms with van der Waals surface area (Å²) in [7, 11) is 0. The van der Waals surface area contributed by atoms with Crippen LogP contribution in [0.5, 0.6) is 0 Å². The van der Waals surface area contributed by atoms with E-state index in [4.69, 9.17) is 4.74 Å². The molecule has 0 saturated carbocycles. The van der Waals surface area contributed by atoms with Crippen molar-refractivity contribution < 1.29 is 9.53 Å². The molecule has 4 nitrogen and oxygen atoms in total. The van der Waals surface area contributed by atoms with Crippen LogP contribution < -0.4 is 0 Å². The lowest BCUT2D eigenvalue weighted by atomic mass is 10.0. The Morgan fingerprint density at radius 2 is 2.38 bits per heavy atom. The minimum atomic E-state index is -0.0901. The van der Waals surface area contributed by atoms with Gasteiger partial charge in [0.15, 0.2) is 0 Å². The zero-order valence-corrected chi connectivity index (χ0v) is 16.7. The smallest absolute Gasteiger partial charge is 0.306 e. The van der Waals surface area contributed by atoms with E-state index in [1.807, 2.05) is 16.7 Å². The van der Waals surface area contributed by atoms with Gasteiger partial charge in [-0.15, -0.1) is 11.8 Å². The second-order valence-electron chi connectivity index (χ2n) is 4.88. The zero-order valence-electron chi connectivity index (χ0n) is 12.7. The normalized spacial score (nSPS) is 12.9. The molecule has 0 amide bonds. The van der Waals surface area contributed by atoms with Crippen LogP contribution in [0.25, 0.3) is 0 Å². The molecule has 0 aliphatic rings. The topological polar surface area (TPSA) is 44.1 Å². The van der Waals surface area contributed by atoms with Gasteiger partial charge in [0.1, 0.15) is 5.03 Å². The number of nitrogens with zero attached hydrogens (tertiary/aromatic N) is 2. The molecule has 1 aromatic heterocycles. The van der Waals surface area contributed by atoms with Crippen LogP contribution in [-0.2, 0) is 9.53 Å². The number of halogens is 1. The van der Waals surface area contributed by atoms with Crippen molar-refractivity contribution in [2.75, 3.05) is 12.4 Å². The largest absolute Gasteiger partial charge is 0.465 e. The molecule has 0 fully saturated rings. The first-order valence-electron chi connectivity index (χ1n) is 7.40. The van der Waals surface area contributed by atoms with Gasteiger partial charge in [-0.2, -0.15) is 5.10 Å². The summed E-state index contributed by atoms with van der Waals surface area (Å²) in [5.74, 6) is 1.15. The SMILES string of the molecule is CCCCC(CC)COC(=O)CCSc1ccn(PI)n1. The minimum Gasteiger partial charge on any atom is -0.465 e. The summed E-state index contributed by atoms with van der Waals surface area (Å²) in [6.45, 7) is 4.93. The van der Waals surface area contributed by atoms with Crippen LogP contribution in [0.1, 0.15) is 46.0 Å². The van der Waals surface area contributed by atoms with Gasteiger partial charge in [0.2, 0.25) is 0 Å². The van der Waals surface area contributed by atoms with E-state index in [1.54, 1.807) is 11.8 Å². The van der Waals surface area contributed by atoms with Crippen molar-refractivity contribution >= 4 is 46.1 Å². The lowest BCUT2D eigenvalue weighted by Gasteiger charge is -2.14. The molecule has 0 aliphatic carbocycles. The molecule has 0 radical (unpaired) electrons. The predicted molar refractivity (Wildman–Crippen MR) is 99.6 cm³/mol. The third-order valence-corrected chi connectivity index (χ3v) is 6.06. The number of esters is 1. The van der Waals surface area contributed by atoms with Crippen LogP contribution in [0.3, 0.4) is 0 Å². The molecule has 2 atom stereocenters. The maximum absolute atomic E-state index is 11.7. The van der Waals surface area contributed by atoms with E-state index >= 15 is 0 Å². The highest BCUT2D eigenvalue weighted by atomic mass is 127. The molecule has 0 bridgehead atoms. The van der Waals surface area contributed by atoms with Gasteiger partial charge in [-0.3, -0.25) is 4.79 Å². The summed E-state index contributed by atoms with van der Waals surface area (Å²) in [4.78, 5) is 11.7. The van der Waals surface area contributed by atoms with Crippen LogP contribution in [0.15, 0.2) is 17.3 Å². The molecule has 21 heavy (non-hydrogen) atoms. The Morgan fingerprint density at radius 1 is 1.57 bits per heavy atom. The Morgan fingerprint density at radius 3 is 3.00 bits per heavy atom. The number of carbonyl (C=O) groups is 1. The van der Waals surface area contributed by atoms with Crippen molar-refractivity contribution in [2.45, 2.75) is 51.0 Å². The highest BCUT2D eigenvalue weighted by molar-refractivity contribution is 14.2. The van der Waals surface area contributed by atoms with Crippen molar-refractivity contribution in [1.29, 1.82) is 0 Å². The van der Waals surface area contributed by atoms with E-state index in [0.29, 0.717) is 25.3 Å². The number of carbonyl (C=O) groups excluding carboxylic acids is 1. The van der Waals surface area contributed by atoms with Crippen LogP contribution in [0.4, 0.5) is 0 Å². The van der Waals surface area contributed by atoms with E-state index in [2.05, 4.69) is 41.0 Å². The molecule has 2 unspecified atom stereocenters. The molecule has 1 aromatic rings. The van der Waals surface area contributed by atoms with Crippen molar-refractivity contribution in [3.63, 3.8) is 0 Å². The van der Waals surface area contributed by atoms with Crippen molar-refractivity contribution in [1.82, 2.24) is 9.55 Å². The van der Waals surface area contributed by atoms with Crippen LogP contribution >= 0.6 is 40.2 Å². The fourth-order valence-corrected chi connectivity index (χ4v) is 3.79. The minimum absolute atomic E-state index is 0.0901. The quantitative estimate of drug-likeness (QED) is 0.211. The second kappa shape index (κ2) is 11.7. The zero-order chi connectivity index (χ0) is 15.5. The summed E-state index contributed by atoms with van der Waals surface area (Å²) >= 11 is 3.90. The summed E-state index contributed by atoms with van der Waals surface area (Å²) in [5, 5.41) is 5.35. The van der Waals surface area contributed by atoms with Gasteiger partial charge in [-0.05, 0) is 40.4 Å². The number of rotatable bonds is 11. The van der Waals surface area contributed by atoms with Gasteiger partial charge in [-0.25, -0.2) is 4.45 Å². The molecule has 0 saturated heterocycles. The van der Waals surface area contributed by atoms with E-state index < -0.39 is 0 Å². The third-order valence-electron chi connectivity index (χ3n) is 3.23. The average Bonchev–Trinajstić information content (AvgIpc) is 2.95. The highest BCUT2D eigenvalue weighted by Gasteiger charge is 2.10. The summed E-state index contributed by atoms with van der Waals surface area (Å²) in [5.41, 5.74) is 0. The number of hydrogen-bond acceptors (Lipinski definition) is 4.